The van der Waals surface area contributed by atoms with Crippen LogP contribution >= 0.6 is 0 Å². The number of ether oxygens (including phenoxy) is 1. The quantitative estimate of drug-likeness (QED) is 0.626. The van der Waals surface area contributed by atoms with Crippen LogP contribution in [0.1, 0.15) is 25.8 Å². The molecule has 1 aliphatic rings. The number of benzene rings is 1. The monoisotopic (exact) mass is 316 g/mol. The van der Waals surface area contributed by atoms with Crippen molar-refractivity contribution in [1.82, 2.24) is 9.78 Å². The highest BCUT2D eigenvalue weighted by atomic mass is 16.6. The molecule has 122 valence electrons. The maximum absolute atomic E-state index is 11.6. The fraction of sp³-hybridized carbons (Fsp3) is 0.438. The third kappa shape index (κ3) is 3.13. The lowest BCUT2D eigenvalue weighted by molar-refractivity contribution is -0.385. The largest absolute Gasteiger partial charge is 0.487 e. The molecule has 0 bridgehead atoms. The fourth-order valence-electron chi connectivity index (χ4n) is 3.11. The van der Waals surface area contributed by atoms with Crippen LogP contribution in [0, 0.1) is 10.1 Å². The molecule has 3 rings (SSSR count). The van der Waals surface area contributed by atoms with E-state index in [9.17, 15) is 10.1 Å². The summed E-state index contributed by atoms with van der Waals surface area (Å²) in [5.41, 5.74) is 0.674. The third-order valence-electron chi connectivity index (χ3n) is 4.10. The molecule has 2 aromatic rings. The van der Waals surface area contributed by atoms with Gasteiger partial charge in [0.05, 0.1) is 17.6 Å². The molecule has 7 nitrogen and oxygen atoms in total. The number of hydrogen-bond acceptors (Lipinski definition) is 5. The molecular weight excluding hydrogens is 296 g/mol. The number of anilines is 1. The van der Waals surface area contributed by atoms with Crippen molar-refractivity contribution in [1.29, 1.82) is 0 Å². The third-order valence-corrected chi connectivity index (χ3v) is 4.10. The molecule has 0 N–H and O–H groups in total. The Morgan fingerprint density at radius 3 is 3.00 bits per heavy atom. The van der Waals surface area contributed by atoms with Crippen molar-refractivity contribution >= 4 is 11.4 Å². The summed E-state index contributed by atoms with van der Waals surface area (Å²) in [7, 11) is 0. The van der Waals surface area contributed by atoms with Crippen molar-refractivity contribution in [3.05, 3.63) is 46.8 Å². The lowest BCUT2D eigenvalue weighted by Crippen LogP contribution is -2.37. The van der Waals surface area contributed by atoms with Gasteiger partial charge < -0.3 is 9.64 Å². The van der Waals surface area contributed by atoms with Crippen LogP contribution in [-0.2, 0) is 0 Å². The Bertz CT molecular complexity index is 672. The highest BCUT2D eigenvalue weighted by Crippen LogP contribution is 2.39. The van der Waals surface area contributed by atoms with Crippen LogP contribution < -0.4 is 9.64 Å². The summed E-state index contributed by atoms with van der Waals surface area (Å²) in [6, 6.07) is 7.39. The zero-order valence-corrected chi connectivity index (χ0v) is 13.1. The van der Waals surface area contributed by atoms with Gasteiger partial charge in [0.1, 0.15) is 5.69 Å². The van der Waals surface area contributed by atoms with Crippen molar-refractivity contribution < 1.29 is 9.66 Å². The summed E-state index contributed by atoms with van der Waals surface area (Å²) in [6.07, 6.45) is 5.70. The second kappa shape index (κ2) is 6.68. The van der Waals surface area contributed by atoms with Gasteiger partial charge in [-0.05, 0) is 38.0 Å². The smallest absolute Gasteiger partial charge is 0.333 e. The SMILES string of the molecule is CCOc1cccc(N2CCCC(n3cccn3)C2)c1[N+](=O)[O-]. The summed E-state index contributed by atoms with van der Waals surface area (Å²) in [5.74, 6) is 0.330. The van der Waals surface area contributed by atoms with Crippen molar-refractivity contribution in [3.63, 3.8) is 0 Å². The number of nitro benzene ring substituents is 1. The van der Waals surface area contributed by atoms with Gasteiger partial charge in [-0.25, -0.2) is 0 Å². The standard InChI is InChI=1S/C16H20N4O3/c1-2-23-15-8-3-7-14(16(15)20(21)22)18-10-4-6-13(12-18)19-11-5-9-17-19/h3,5,7-9,11,13H,2,4,6,10,12H2,1H3. The van der Waals surface area contributed by atoms with E-state index in [0.29, 0.717) is 24.6 Å². The molecular formula is C16H20N4O3. The highest BCUT2D eigenvalue weighted by molar-refractivity contribution is 5.70. The second-order valence-electron chi connectivity index (χ2n) is 5.54. The Hall–Kier alpha value is -2.57. The van der Waals surface area contributed by atoms with Gasteiger partial charge in [0.15, 0.2) is 5.75 Å². The molecule has 0 radical (unpaired) electrons. The number of piperidine rings is 1. The molecule has 2 heterocycles. The molecule has 0 spiro atoms. The van der Waals surface area contributed by atoms with E-state index in [1.54, 1.807) is 18.3 Å². The van der Waals surface area contributed by atoms with Crippen molar-refractivity contribution in [2.45, 2.75) is 25.8 Å². The Morgan fingerprint density at radius 2 is 2.30 bits per heavy atom. The van der Waals surface area contributed by atoms with Crippen molar-refractivity contribution in [2.75, 3.05) is 24.6 Å². The van der Waals surface area contributed by atoms with E-state index >= 15 is 0 Å². The Kier molecular flexibility index (Phi) is 4.45. The minimum absolute atomic E-state index is 0.0514. The summed E-state index contributed by atoms with van der Waals surface area (Å²) >= 11 is 0. The molecule has 1 aromatic carbocycles. The first-order chi connectivity index (χ1) is 11.2. The van der Waals surface area contributed by atoms with E-state index in [4.69, 9.17) is 4.74 Å². The average Bonchev–Trinajstić information content (AvgIpc) is 3.09. The second-order valence-corrected chi connectivity index (χ2v) is 5.54. The number of nitrogens with zero attached hydrogens (tertiary/aromatic N) is 4. The van der Waals surface area contributed by atoms with Gasteiger partial charge in [-0.2, -0.15) is 5.10 Å². The molecule has 1 unspecified atom stereocenters. The number of rotatable bonds is 5. The fourth-order valence-corrected chi connectivity index (χ4v) is 3.11. The molecule has 1 saturated heterocycles. The predicted octanol–water partition coefficient (Wildman–Crippen LogP) is 3.03. The molecule has 1 aromatic heterocycles. The summed E-state index contributed by atoms with van der Waals surface area (Å²) in [5, 5.41) is 15.9. The number of nitro groups is 1. The van der Waals surface area contributed by atoms with E-state index in [0.717, 1.165) is 19.4 Å². The number of hydrogen-bond donors (Lipinski definition) is 0. The van der Waals surface area contributed by atoms with Gasteiger partial charge in [-0.1, -0.05) is 6.07 Å². The molecule has 0 amide bonds. The van der Waals surface area contributed by atoms with E-state index in [1.165, 1.54) is 0 Å². The predicted molar refractivity (Wildman–Crippen MR) is 87.0 cm³/mol. The van der Waals surface area contributed by atoms with Gasteiger partial charge in [0, 0.05) is 25.5 Å². The van der Waals surface area contributed by atoms with Crippen LogP contribution in [-0.4, -0.2) is 34.4 Å². The number of para-hydroxylation sites is 1. The minimum Gasteiger partial charge on any atom is -0.487 e. The van der Waals surface area contributed by atoms with Gasteiger partial charge in [-0.15, -0.1) is 0 Å². The molecule has 1 fully saturated rings. The van der Waals surface area contributed by atoms with Gasteiger partial charge in [0.25, 0.3) is 0 Å². The van der Waals surface area contributed by atoms with E-state index in [-0.39, 0.29) is 16.7 Å². The molecule has 1 atom stereocenters. The van der Waals surface area contributed by atoms with Gasteiger partial charge >= 0.3 is 5.69 Å². The molecule has 0 aliphatic carbocycles. The van der Waals surface area contributed by atoms with Crippen LogP contribution in [0.2, 0.25) is 0 Å². The van der Waals surface area contributed by atoms with Gasteiger partial charge in [-0.3, -0.25) is 14.8 Å². The van der Waals surface area contributed by atoms with Crippen LogP contribution in [0.3, 0.4) is 0 Å². The molecule has 1 aliphatic heterocycles. The minimum atomic E-state index is -0.349. The van der Waals surface area contributed by atoms with Crippen LogP contribution in [0.15, 0.2) is 36.7 Å². The van der Waals surface area contributed by atoms with E-state index < -0.39 is 0 Å². The van der Waals surface area contributed by atoms with Crippen LogP contribution in [0.25, 0.3) is 0 Å². The number of aromatic nitrogens is 2. The summed E-state index contributed by atoms with van der Waals surface area (Å²) < 4.78 is 7.38. The molecule has 7 heteroatoms. The topological polar surface area (TPSA) is 73.4 Å². The normalized spacial score (nSPS) is 18.0. The Morgan fingerprint density at radius 1 is 1.43 bits per heavy atom. The lowest BCUT2D eigenvalue weighted by Gasteiger charge is -2.34. The first-order valence-corrected chi connectivity index (χ1v) is 7.85. The first kappa shape index (κ1) is 15.3. The van der Waals surface area contributed by atoms with Crippen molar-refractivity contribution in [2.24, 2.45) is 0 Å². The first-order valence-electron chi connectivity index (χ1n) is 7.85. The van der Waals surface area contributed by atoms with E-state index in [1.807, 2.05) is 29.9 Å². The van der Waals surface area contributed by atoms with Gasteiger partial charge in [0.2, 0.25) is 0 Å². The Labute approximate surface area is 134 Å². The van der Waals surface area contributed by atoms with Crippen LogP contribution in [0.4, 0.5) is 11.4 Å². The zero-order chi connectivity index (χ0) is 16.2. The summed E-state index contributed by atoms with van der Waals surface area (Å²) in [6.45, 7) is 3.73. The highest BCUT2D eigenvalue weighted by Gasteiger charge is 2.29. The average molecular weight is 316 g/mol. The summed E-state index contributed by atoms with van der Waals surface area (Å²) in [4.78, 5) is 13.3. The molecule has 23 heavy (non-hydrogen) atoms. The maximum atomic E-state index is 11.6. The maximum Gasteiger partial charge on any atom is 0.333 e. The molecule has 0 saturated carbocycles. The lowest BCUT2D eigenvalue weighted by atomic mass is 10.0. The van der Waals surface area contributed by atoms with E-state index in [2.05, 4.69) is 10.00 Å². The zero-order valence-electron chi connectivity index (χ0n) is 13.1. The Balaban J connectivity index is 1.91. The van der Waals surface area contributed by atoms with Crippen LogP contribution in [0.5, 0.6) is 5.75 Å². The van der Waals surface area contributed by atoms with Crippen molar-refractivity contribution in [3.8, 4) is 5.75 Å².